The number of sulfone groups is 1. The van der Waals surface area contributed by atoms with Gasteiger partial charge in [-0.05, 0) is 30.5 Å². The summed E-state index contributed by atoms with van der Waals surface area (Å²) >= 11 is 0. The van der Waals surface area contributed by atoms with E-state index in [4.69, 9.17) is 0 Å². The van der Waals surface area contributed by atoms with Crippen molar-refractivity contribution in [2.45, 2.75) is 44.2 Å². The molecule has 1 saturated heterocycles. The molecule has 2 aliphatic heterocycles. The third-order valence-electron chi connectivity index (χ3n) is 6.75. The number of benzene rings is 1. The van der Waals surface area contributed by atoms with Crippen LogP contribution in [0.2, 0.25) is 0 Å². The van der Waals surface area contributed by atoms with Crippen LogP contribution in [0.15, 0.2) is 30.6 Å². The van der Waals surface area contributed by atoms with E-state index in [1.54, 1.807) is 42.2 Å². The number of carbonyl (C=O) groups excluding carboxylic acids is 1. The van der Waals surface area contributed by atoms with Crippen molar-refractivity contribution in [3.8, 4) is 11.1 Å². The molecule has 182 valence electrons. The minimum Gasteiger partial charge on any atom is -0.465 e. The quantitative estimate of drug-likeness (QED) is 0.699. The van der Waals surface area contributed by atoms with Crippen LogP contribution in [0.4, 0.5) is 25.0 Å². The number of amides is 2. The van der Waals surface area contributed by atoms with Crippen molar-refractivity contribution < 1.29 is 31.9 Å². The van der Waals surface area contributed by atoms with Gasteiger partial charge in [0.2, 0.25) is 11.8 Å². The Morgan fingerprint density at radius 2 is 1.88 bits per heavy atom. The lowest BCUT2D eigenvalue weighted by molar-refractivity contribution is -0.132. The van der Waals surface area contributed by atoms with Crippen molar-refractivity contribution >= 4 is 33.2 Å². The standard InChI is InChI=1S/C22H24F2N4O5S/c1-13-9-26(21(30)31)19-5-15(16-8-25-27(10-16)17-11-34(32,33)12-17)2-3-18(19)28(13)20(29)4-14-6-22(23,24)7-14/h2-3,5,8,10,13-14,17H,4,6-7,9,11-12H2,1H3,(H,30,31)/t13-/m0/s1. The molecule has 1 aromatic carbocycles. The largest absolute Gasteiger partial charge is 0.465 e. The number of halogens is 2. The van der Waals surface area contributed by atoms with E-state index in [2.05, 4.69) is 5.10 Å². The van der Waals surface area contributed by atoms with Gasteiger partial charge in [0, 0.05) is 37.6 Å². The molecule has 34 heavy (non-hydrogen) atoms. The summed E-state index contributed by atoms with van der Waals surface area (Å²) in [5.41, 5.74) is 2.09. The first-order valence-corrected chi connectivity index (χ1v) is 12.8. The molecule has 0 radical (unpaired) electrons. The lowest BCUT2D eigenvalue weighted by Crippen LogP contribution is -2.52. The number of alkyl halides is 2. The molecule has 1 N–H and O–H groups in total. The van der Waals surface area contributed by atoms with Crippen LogP contribution < -0.4 is 9.80 Å². The first kappa shape index (κ1) is 22.8. The second-order valence-electron chi connectivity index (χ2n) is 9.48. The van der Waals surface area contributed by atoms with Gasteiger partial charge in [-0.15, -0.1) is 0 Å². The minimum atomic E-state index is -3.01. The molecule has 9 nitrogen and oxygen atoms in total. The number of anilines is 2. The Morgan fingerprint density at radius 3 is 2.50 bits per heavy atom. The first-order valence-electron chi connectivity index (χ1n) is 11.0. The monoisotopic (exact) mass is 494 g/mol. The molecule has 0 unspecified atom stereocenters. The highest BCUT2D eigenvalue weighted by Crippen LogP contribution is 2.45. The van der Waals surface area contributed by atoms with Crippen LogP contribution in [0.1, 0.15) is 32.2 Å². The molecule has 0 spiro atoms. The van der Waals surface area contributed by atoms with Gasteiger partial charge in [-0.25, -0.2) is 22.0 Å². The maximum Gasteiger partial charge on any atom is 0.411 e. The van der Waals surface area contributed by atoms with Crippen molar-refractivity contribution in [3.63, 3.8) is 0 Å². The van der Waals surface area contributed by atoms with Crippen molar-refractivity contribution in [2.75, 3.05) is 27.9 Å². The number of carbonyl (C=O) groups is 2. The lowest BCUT2D eigenvalue weighted by Gasteiger charge is -2.42. The molecule has 1 atom stereocenters. The molecule has 2 amide bonds. The Balaban J connectivity index is 1.43. The molecule has 3 aliphatic rings. The van der Waals surface area contributed by atoms with Gasteiger partial charge in [0.25, 0.3) is 0 Å². The summed E-state index contributed by atoms with van der Waals surface area (Å²) < 4.78 is 51.0. The Labute approximate surface area is 194 Å². The smallest absolute Gasteiger partial charge is 0.411 e. The molecule has 2 fully saturated rings. The third-order valence-corrected chi connectivity index (χ3v) is 8.54. The molecule has 3 heterocycles. The van der Waals surface area contributed by atoms with E-state index < -0.39 is 27.9 Å². The Hall–Kier alpha value is -3.02. The predicted molar refractivity (Wildman–Crippen MR) is 120 cm³/mol. The van der Waals surface area contributed by atoms with Crippen LogP contribution in [0.5, 0.6) is 0 Å². The Kier molecular flexibility index (Phi) is 5.19. The van der Waals surface area contributed by atoms with Crippen LogP contribution in [0.3, 0.4) is 0 Å². The summed E-state index contributed by atoms with van der Waals surface area (Å²) in [6.07, 6.45) is 1.53. The van der Waals surface area contributed by atoms with Crippen molar-refractivity contribution in [3.05, 3.63) is 30.6 Å². The van der Waals surface area contributed by atoms with Gasteiger partial charge in [-0.1, -0.05) is 6.07 Å². The fourth-order valence-electron chi connectivity index (χ4n) is 5.02. The summed E-state index contributed by atoms with van der Waals surface area (Å²) in [6, 6.07) is 4.39. The zero-order valence-electron chi connectivity index (χ0n) is 18.4. The van der Waals surface area contributed by atoms with Crippen molar-refractivity contribution in [2.24, 2.45) is 5.92 Å². The van der Waals surface area contributed by atoms with Crippen molar-refractivity contribution in [1.82, 2.24) is 9.78 Å². The first-order chi connectivity index (χ1) is 15.9. The molecule has 12 heteroatoms. The summed E-state index contributed by atoms with van der Waals surface area (Å²) in [5, 5.41) is 14.0. The molecule has 1 aliphatic carbocycles. The third kappa shape index (κ3) is 4.04. The van der Waals surface area contributed by atoms with E-state index in [0.29, 0.717) is 22.5 Å². The molecule has 5 rings (SSSR count). The lowest BCUT2D eigenvalue weighted by atomic mass is 9.79. The van der Waals surface area contributed by atoms with Gasteiger partial charge in [0.15, 0.2) is 9.84 Å². The fourth-order valence-corrected chi connectivity index (χ4v) is 6.40. The SMILES string of the molecule is C[C@H]1CN(C(=O)O)c2cc(-c3cnn(C4CS(=O)(=O)C4)c3)ccc2N1C(=O)CC1CC(F)(F)C1. The summed E-state index contributed by atoms with van der Waals surface area (Å²) in [5.74, 6) is -3.32. The van der Waals surface area contributed by atoms with Gasteiger partial charge < -0.3 is 10.0 Å². The van der Waals surface area contributed by atoms with E-state index in [-0.39, 0.29) is 55.2 Å². The average Bonchev–Trinajstić information content (AvgIpc) is 3.19. The normalized spacial score (nSPS) is 23.7. The number of nitrogens with zero attached hydrogens (tertiary/aromatic N) is 4. The van der Waals surface area contributed by atoms with Gasteiger partial charge >= 0.3 is 6.09 Å². The summed E-state index contributed by atoms with van der Waals surface area (Å²) in [7, 11) is -3.01. The minimum absolute atomic E-state index is 0.00867. The highest BCUT2D eigenvalue weighted by molar-refractivity contribution is 7.92. The van der Waals surface area contributed by atoms with Gasteiger partial charge in [0.1, 0.15) is 0 Å². The van der Waals surface area contributed by atoms with Crippen LogP contribution in [0.25, 0.3) is 11.1 Å². The fraction of sp³-hybridized carbons (Fsp3) is 0.500. The zero-order chi connectivity index (χ0) is 24.4. The maximum atomic E-state index is 13.2. The number of carboxylic acid groups (broad SMARTS) is 1. The van der Waals surface area contributed by atoms with E-state index >= 15 is 0 Å². The molecule has 1 saturated carbocycles. The Bertz CT molecular complexity index is 1260. The summed E-state index contributed by atoms with van der Waals surface area (Å²) in [4.78, 5) is 27.7. The number of fused-ring (bicyclic) bond motifs is 1. The predicted octanol–water partition coefficient (Wildman–Crippen LogP) is 3.17. The van der Waals surface area contributed by atoms with Crippen LogP contribution in [-0.4, -0.2) is 65.3 Å². The topological polar surface area (TPSA) is 113 Å². The molecule has 0 bridgehead atoms. The highest BCUT2D eigenvalue weighted by atomic mass is 32.2. The number of hydrogen-bond donors (Lipinski definition) is 1. The van der Waals surface area contributed by atoms with Crippen LogP contribution >= 0.6 is 0 Å². The van der Waals surface area contributed by atoms with E-state index in [9.17, 15) is 31.9 Å². The van der Waals surface area contributed by atoms with Crippen molar-refractivity contribution in [1.29, 1.82) is 0 Å². The molecular weight excluding hydrogens is 470 g/mol. The number of aromatic nitrogens is 2. The van der Waals surface area contributed by atoms with Gasteiger partial charge in [-0.2, -0.15) is 5.10 Å². The van der Waals surface area contributed by atoms with Gasteiger partial charge in [0.05, 0.1) is 41.2 Å². The molecule has 1 aromatic heterocycles. The molecular formula is C22H24F2N4O5S. The van der Waals surface area contributed by atoms with Crippen LogP contribution in [0, 0.1) is 5.92 Å². The maximum absolute atomic E-state index is 13.2. The zero-order valence-corrected chi connectivity index (χ0v) is 19.2. The van der Waals surface area contributed by atoms with E-state index in [1.165, 1.54) is 9.80 Å². The number of hydrogen-bond acceptors (Lipinski definition) is 5. The van der Waals surface area contributed by atoms with E-state index in [0.717, 1.165) is 0 Å². The Morgan fingerprint density at radius 1 is 1.18 bits per heavy atom. The van der Waals surface area contributed by atoms with Crippen LogP contribution in [-0.2, 0) is 14.6 Å². The number of rotatable bonds is 4. The second kappa shape index (κ2) is 7.76. The average molecular weight is 495 g/mol. The highest BCUT2D eigenvalue weighted by Gasteiger charge is 2.47. The summed E-state index contributed by atoms with van der Waals surface area (Å²) in [6.45, 7) is 1.79. The molecule has 2 aromatic rings. The van der Waals surface area contributed by atoms with Gasteiger partial charge in [-0.3, -0.25) is 14.4 Å². The van der Waals surface area contributed by atoms with E-state index in [1.807, 2.05) is 0 Å². The second-order valence-corrected chi connectivity index (χ2v) is 11.6.